The molecule has 2 aromatic rings. The molecule has 1 amide bonds. The summed E-state index contributed by atoms with van der Waals surface area (Å²) in [5.41, 5.74) is 3.35. The maximum absolute atomic E-state index is 14.4. The molecule has 178 valence electrons. The van der Waals surface area contributed by atoms with E-state index in [0.717, 1.165) is 38.0 Å². The molecule has 1 aliphatic carbocycles. The molecule has 4 heteroatoms. The van der Waals surface area contributed by atoms with Crippen LogP contribution >= 0.6 is 0 Å². The fourth-order valence-electron chi connectivity index (χ4n) is 5.73. The van der Waals surface area contributed by atoms with E-state index in [2.05, 4.69) is 41.0 Å². The van der Waals surface area contributed by atoms with Gasteiger partial charge in [0.2, 0.25) is 5.91 Å². The number of aryl methyl sites for hydroxylation is 1. The molecule has 33 heavy (non-hydrogen) atoms. The van der Waals surface area contributed by atoms with Gasteiger partial charge in [-0.3, -0.25) is 9.69 Å². The number of nitrogens with zero attached hydrogens (tertiary/aromatic N) is 2. The van der Waals surface area contributed by atoms with Crippen molar-refractivity contribution in [2.24, 2.45) is 11.8 Å². The molecular weight excluding hydrogens is 411 g/mol. The van der Waals surface area contributed by atoms with Crippen molar-refractivity contribution in [2.75, 3.05) is 19.6 Å². The molecule has 1 saturated heterocycles. The summed E-state index contributed by atoms with van der Waals surface area (Å²) < 4.78 is 14.4. The van der Waals surface area contributed by atoms with Crippen LogP contribution < -0.4 is 0 Å². The van der Waals surface area contributed by atoms with Crippen LogP contribution in [0.4, 0.5) is 4.39 Å². The third-order valence-electron chi connectivity index (χ3n) is 7.60. The first-order valence-corrected chi connectivity index (χ1v) is 12.7. The number of likely N-dealkylation sites (tertiary alicyclic amines) is 1. The molecule has 2 aromatic carbocycles. The van der Waals surface area contributed by atoms with Gasteiger partial charge in [0, 0.05) is 49.6 Å². The van der Waals surface area contributed by atoms with Crippen LogP contribution in [-0.2, 0) is 11.3 Å². The Labute approximate surface area is 199 Å². The minimum absolute atomic E-state index is 0.0145. The summed E-state index contributed by atoms with van der Waals surface area (Å²) in [5.74, 6) is 0.872. The van der Waals surface area contributed by atoms with Crippen molar-refractivity contribution in [1.29, 1.82) is 0 Å². The van der Waals surface area contributed by atoms with E-state index >= 15 is 0 Å². The van der Waals surface area contributed by atoms with E-state index in [9.17, 15) is 9.18 Å². The van der Waals surface area contributed by atoms with Gasteiger partial charge in [-0.25, -0.2) is 4.39 Å². The highest BCUT2D eigenvalue weighted by Gasteiger charge is 2.38. The third-order valence-corrected chi connectivity index (χ3v) is 7.60. The molecule has 2 unspecified atom stereocenters. The Morgan fingerprint density at radius 2 is 1.73 bits per heavy atom. The first-order valence-electron chi connectivity index (χ1n) is 12.7. The van der Waals surface area contributed by atoms with Gasteiger partial charge in [-0.2, -0.15) is 0 Å². The van der Waals surface area contributed by atoms with Crippen LogP contribution in [0.15, 0.2) is 48.5 Å². The van der Waals surface area contributed by atoms with Gasteiger partial charge in [0.05, 0.1) is 0 Å². The van der Waals surface area contributed by atoms with Crippen LogP contribution in [0.1, 0.15) is 68.6 Å². The van der Waals surface area contributed by atoms with Crippen LogP contribution in [0.5, 0.6) is 0 Å². The predicted molar refractivity (Wildman–Crippen MR) is 133 cm³/mol. The summed E-state index contributed by atoms with van der Waals surface area (Å²) >= 11 is 0. The van der Waals surface area contributed by atoms with Gasteiger partial charge in [0.1, 0.15) is 5.82 Å². The van der Waals surface area contributed by atoms with Gasteiger partial charge >= 0.3 is 0 Å². The smallest absolute Gasteiger partial charge is 0.225 e. The maximum Gasteiger partial charge on any atom is 0.225 e. The summed E-state index contributed by atoms with van der Waals surface area (Å²) in [7, 11) is 0. The van der Waals surface area contributed by atoms with Gasteiger partial charge in [0.25, 0.3) is 0 Å². The SMILES string of the molecule is Cc1ccc(C2CN(Cc3ccccc3F)CC2CN(C(=O)C(C)C)C2CCCCC2)cc1. The summed E-state index contributed by atoms with van der Waals surface area (Å²) in [6, 6.07) is 16.3. The second-order valence-electron chi connectivity index (χ2n) is 10.5. The molecule has 1 saturated carbocycles. The fourth-order valence-corrected chi connectivity index (χ4v) is 5.73. The number of carbonyl (C=O) groups is 1. The van der Waals surface area contributed by atoms with Crippen molar-refractivity contribution < 1.29 is 9.18 Å². The van der Waals surface area contributed by atoms with Crippen LogP contribution in [0.25, 0.3) is 0 Å². The lowest BCUT2D eigenvalue weighted by Gasteiger charge is -2.38. The van der Waals surface area contributed by atoms with Gasteiger partial charge < -0.3 is 4.90 Å². The van der Waals surface area contributed by atoms with Gasteiger partial charge in [-0.05, 0) is 37.3 Å². The van der Waals surface area contributed by atoms with Crippen molar-refractivity contribution in [1.82, 2.24) is 9.80 Å². The maximum atomic E-state index is 14.4. The summed E-state index contributed by atoms with van der Waals surface area (Å²) in [5, 5.41) is 0. The first-order chi connectivity index (χ1) is 15.9. The number of benzene rings is 2. The van der Waals surface area contributed by atoms with Crippen LogP contribution in [0.3, 0.4) is 0 Å². The van der Waals surface area contributed by atoms with Gasteiger partial charge in [-0.15, -0.1) is 0 Å². The molecule has 2 atom stereocenters. The van der Waals surface area contributed by atoms with E-state index in [1.807, 2.05) is 26.0 Å². The lowest BCUT2D eigenvalue weighted by Crippen LogP contribution is -2.47. The summed E-state index contributed by atoms with van der Waals surface area (Å²) in [6.45, 7) is 9.37. The first kappa shape index (κ1) is 23.9. The van der Waals surface area contributed by atoms with Crippen LogP contribution in [0.2, 0.25) is 0 Å². The summed E-state index contributed by atoms with van der Waals surface area (Å²) in [6.07, 6.45) is 5.97. The molecule has 2 aliphatic rings. The Balaban J connectivity index is 1.58. The molecule has 4 rings (SSSR count). The molecule has 0 spiro atoms. The zero-order chi connectivity index (χ0) is 23.4. The highest BCUT2D eigenvalue weighted by Crippen LogP contribution is 2.36. The lowest BCUT2D eigenvalue weighted by molar-refractivity contribution is -0.138. The Bertz CT molecular complexity index is 919. The molecule has 0 N–H and O–H groups in total. The lowest BCUT2D eigenvalue weighted by atomic mass is 9.86. The van der Waals surface area contributed by atoms with Crippen molar-refractivity contribution in [3.63, 3.8) is 0 Å². The monoisotopic (exact) mass is 450 g/mol. The third kappa shape index (κ3) is 5.84. The van der Waals surface area contributed by atoms with Crippen LogP contribution in [0, 0.1) is 24.6 Å². The van der Waals surface area contributed by atoms with Gasteiger partial charge in [-0.1, -0.05) is 81.1 Å². The molecular formula is C29H39FN2O. The largest absolute Gasteiger partial charge is 0.339 e. The number of carbonyl (C=O) groups excluding carboxylic acids is 1. The zero-order valence-corrected chi connectivity index (χ0v) is 20.5. The topological polar surface area (TPSA) is 23.6 Å². The Kier molecular flexibility index (Phi) is 7.85. The Hall–Kier alpha value is -2.20. The number of hydrogen-bond acceptors (Lipinski definition) is 2. The second-order valence-corrected chi connectivity index (χ2v) is 10.5. The van der Waals surface area contributed by atoms with E-state index in [4.69, 9.17) is 0 Å². The average molecular weight is 451 g/mol. The molecule has 2 fully saturated rings. The normalized spacial score (nSPS) is 22.1. The van der Waals surface area contributed by atoms with E-state index in [1.165, 1.54) is 30.4 Å². The second kappa shape index (κ2) is 10.8. The molecule has 3 nitrogen and oxygen atoms in total. The van der Waals surface area contributed by atoms with Gasteiger partial charge in [0.15, 0.2) is 0 Å². The van der Waals surface area contributed by atoms with Crippen molar-refractivity contribution in [2.45, 2.75) is 71.4 Å². The van der Waals surface area contributed by atoms with E-state index in [-0.39, 0.29) is 17.6 Å². The standard InChI is InChI=1S/C29H39FN2O/c1-21(2)29(33)32(26-10-5-4-6-11-26)19-25-18-31(17-24-9-7-8-12-28(24)30)20-27(25)23-15-13-22(3)14-16-23/h7-9,12-16,21,25-27H,4-6,10-11,17-20H2,1-3H3. The minimum Gasteiger partial charge on any atom is -0.339 e. The predicted octanol–water partition coefficient (Wildman–Crippen LogP) is 6.17. The fraction of sp³-hybridized carbons (Fsp3) is 0.552. The molecule has 0 aromatic heterocycles. The number of amides is 1. The van der Waals surface area contributed by atoms with E-state index < -0.39 is 0 Å². The minimum atomic E-state index is -0.133. The number of hydrogen-bond donors (Lipinski definition) is 0. The quantitative estimate of drug-likeness (QED) is 0.504. The number of halogens is 1. The van der Waals surface area contributed by atoms with E-state index in [0.29, 0.717) is 24.4 Å². The number of rotatable bonds is 7. The van der Waals surface area contributed by atoms with Crippen LogP contribution in [-0.4, -0.2) is 41.4 Å². The van der Waals surface area contributed by atoms with Crippen molar-refractivity contribution >= 4 is 5.91 Å². The van der Waals surface area contributed by atoms with Crippen molar-refractivity contribution in [3.8, 4) is 0 Å². The Morgan fingerprint density at radius 1 is 1.03 bits per heavy atom. The molecule has 0 radical (unpaired) electrons. The average Bonchev–Trinajstić information content (AvgIpc) is 3.21. The highest BCUT2D eigenvalue weighted by atomic mass is 19.1. The molecule has 1 aliphatic heterocycles. The molecule has 1 heterocycles. The zero-order valence-electron chi connectivity index (χ0n) is 20.5. The summed E-state index contributed by atoms with van der Waals surface area (Å²) in [4.78, 5) is 17.9. The van der Waals surface area contributed by atoms with Crippen molar-refractivity contribution in [3.05, 3.63) is 71.0 Å². The Morgan fingerprint density at radius 3 is 2.39 bits per heavy atom. The van der Waals surface area contributed by atoms with E-state index in [1.54, 1.807) is 12.1 Å². The molecule has 0 bridgehead atoms. The highest BCUT2D eigenvalue weighted by molar-refractivity contribution is 5.78.